The number of carbonyl (C=O) groups excluding carboxylic acids is 3. The van der Waals surface area contributed by atoms with Gasteiger partial charge in [-0.1, -0.05) is 13.8 Å². The van der Waals surface area contributed by atoms with Gasteiger partial charge in [0.05, 0.1) is 25.6 Å². The van der Waals surface area contributed by atoms with Crippen molar-refractivity contribution in [1.29, 1.82) is 0 Å². The number of rotatable bonds is 8. The van der Waals surface area contributed by atoms with Crippen molar-refractivity contribution in [3.63, 3.8) is 0 Å². The number of ether oxygens (including phenoxy) is 2. The van der Waals surface area contributed by atoms with Crippen LogP contribution in [-0.4, -0.2) is 31.4 Å². The Hall–Kier alpha value is -1.39. The highest BCUT2D eigenvalue weighted by Gasteiger charge is 2.38. The summed E-state index contributed by atoms with van der Waals surface area (Å²) >= 11 is 0. The van der Waals surface area contributed by atoms with Crippen molar-refractivity contribution in [2.75, 3.05) is 13.2 Å². The van der Waals surface area contributed by atoms with E-state index in [0.717, 1.165) is 6.29 Å². The predicted molar refractivity (Wildman–Crippen MR) is 65.8 cm³/mol. The maximum Gasteiger partial charge on any atom is 0.310 e. The fourth-order valence-corrected chi connectivity index (χ4v) is 1.67. The lowest BCUT2D eigenvalue weighted by molar-refractivity contribution is -0.159. The molecule has 0 saturated carbocycles. The first-order chi connectivity index (χ1) is 8.38. The molecule has 0 rings (SSSR count). The Morgan fingerprint density at radius 2 is 1.72 bits per heavy atom. The van der Waals surface area contributed by atoms with Crippen LogP contribution in [0.2, 0.25) is 0 Å². The van der Waals surface area contributed by atoms with Gasteiger partial charge in [0.1, 0.15) is 6.29 Å². The van der Waals surface area contributed by atoms with Crippen LogP contribution in [0.15, 0.2) is 0 Å². The number of esters is 2. The molecule has 0 spiro atoms. The van der Waals surface area contributed by atoms with E-state index in [1.165, 1.54) is 0 Å². The molecule has 0 aliphatic heterocycles. The lowest BCUT2D eigenvalue weighted by Crippen LogP contribution is -2.35. The minimum Gasteiger partial charge on any atom is -0.466 e. The van der Waals surface area contributed by atoms with Crippen LogP contribution < -0.4 is 0 Å². The molecular formula is C13H22O5. The third-order valence-electron chi connectivity index (χ3n) is 2.80. The zero-order valence-corrected chi connectivity index (χ0v) is 11.5. The Kier molecular flexibility index (Phi) is 7.24. The van der Waals surface area contributed by atoms with Gasteiger partial charge >= 0.3 is 11.9 Å². The molecule has 1 atom stereocenters. The summed E-state index contributed by atoms with van der Waals surface area (Å²) in [5.41, 5.74) is -0.624. The standard InChI is InChI=1S/C13H22O5/c1-5-17-11(15)9-10(12(16)18-6-2)13(3,4)7-8-14/h8,10H,5-7,9H2,1-4H3. The van der Waals surface area contributed by atoms with E-state index in [4.69, 9.17) is 9.47 Å². The van der Waals surface area contributed by atoms with Gasteiger partial charge in [-0.25, -0.2) is 0 Å². The molecule has 0 aromatic heterocycles. The predicted octanol–water partition coefficient (Wildman–Crippen LogP) is 1.73. The fourth-order valence-electron chi connectivity index (χ4n) is 1.67. The van der Waals surface area contributed by atoms with Crippen molar-refractivity contribution in [2.24, 2.45) is 11.3 Å². The van der Waals surface area contributed by atoms with Gasteiger partial charge in [-0.2, -0.15) is 0 Å². The van der Waals surface area contributed by atoms with Gasteiger partial charge < -0.3 is 14.3 Å². The zero-order valence-electron chi connectivity index (χ0n) is 11.5. The average molecular weight is 258 g/mol. The number of hydrogen-bond acceptors (Lipinski definition) is 5. The second-order valence-electron chi connectivity index (χ2n) is 4.67. The van der Waals surface area contributed by atoms with Crippen LogP contribution in [0.25, 0.3) is 0 Å². The molecule has 5 nitrogen and oxygen atoms in total. The van der Waals surface area contributed by atoms with E-state index in [0.29, 0.717) is 0 Å². The molecule has 0 amide bonds. The van der Waals surface area contributed by atoms with Crippen LogP contribution >= 0.6 is 0 Å². The Labute approximate surface area is 108 Å². The SMILES string of the molecule is CCOC(=O)CC(C(=O)OCC)C(C)(C)CC=O. The van der Waals surface area contributed by atoms with Crippen LogP contribution in [-0.2, 0) is 23.9 Å². The summed E-state index contributed by atoms with van der Waals surface area (Å²) in [5, 5.41) is 0. The van der Waals surface area contributed by atoms with Gasteiger partial charge in [0.15, 0.2) is 0 Å². The van der Waals surface area contributed by atoms with Crippen molar-refractivity contribution < 1.29 is 23.9 Å². The summed E-state index contributed by atoms with van der Waals surface area (Å²) in [6.45, 7) is 7.45. The molecular weight excluding hydrogens is 236 g/mol. The normalized spacial score (nSPS) is 12.7. The minimum atomic E-state index is -0.665. The first-order valence-electron chi connectivity index (χ1n) is 6.14. The van der Waals surface area contributed by atoms with Crippen molar-refractivity contribution >= 4 is 18.2 Å². The van der Waals surface area contributed by atoms with Crippen LogP contribution in [0.1, 0.15) is 40.5 Å². The largest absolute Gasteiger partial charge is 0.466 e. The molecule has 0 aliphatic carbocycles. The summed E-state index contributed by atoms with van der Waals surface area (Å²) < 4.78 is 9.79. The lowest BCUT2D eigenvalue weighted by atomic mass is 9.75. The van der Waals surface area contributed by atoms with Crippen LogP contribution in [0.3, 0.4) is 0 Å². The van der Waals surface area contributed by atoms with Crippen LogP contribution in [0.4, 0.5) is 0 Å². The maximum atomic E-state index is 11.9. The lowest BCUT2D eigenvalue weighted by Gasteiger charge is -2.30. The Bertz CT molecular complexity index is 296. The van der Waals surface area contributed by atoms with Gasteiger partial charge in [-0.3, -0.25) is 9.59 Å². The van der Waals surface area contributed by atoms with Gasteiger partial charge in [-0.05, 0) is 19.3 Å². The Balaban J connectivity index is 4.87. The molecule has 0 heterocycles. The molecule has 0 N–H and O–H groups in total. The van der Waals surface area contributed by atoms with Gasteiger partial charge in [0.2, 0.25) is 0 Å². The van der Waals surface area contributed by atoms with Gasteiger partial charge in [0, 0.05) is 6.42 Å². The highest BCUT2D eigenvalue weighted by Crippen LogP contribution is 2.33. The second kappa shape index (κ2) is 7.84. The van der Waals surface area contributed by atoms with E-state index >= 15 is 0 Å². The van der Waals surface area contributed by atoms with Gasteiger partial charge in [0.25, 0.3) is 0 Å². The third kappa shape index (κ3) is 5.29. The van der Waals surface area contributed by atoms with Crippen molar-refractivity contribution in [1.82, 2.24) is 0 Å². The quantitative estimate of drug-likeness (QED) is 0.490. The Morgan fingerprint density at radius 3 is 2.17 bits per heavy atom. The molecule has 0 aliphatic rings. The molecule has 104 valence electrons. The second-order valence-corrected chi connectivity index (χ2v) is 4.67. The minimum absolute atomic E-state index is 0.0620. The fraction of sp³-hybridized carbons (Fsp3) is 0.769. The summed E-state index contributed by atoms with van der Waals surface area (Å²) in [4.78, 5) is 34.0. The van der Waals surface area contributed by atoms with E-state index in [2.05, 4.69) is 0 Å². The number of hydrogen-bond donors (Lipinski definition) is 0. The monoisotopic (exact) mass is 258 g/mol. The van der Waals surface area contributed by atoms with E-state index in [1.54, 1.807) is 27.7 Å². The molecule has 0 bridgehead atoms. The highest BCUT2D eigenvalue weighted by atomic mass is 16.5. The maximum absolute atomic E-state index is 11.9. The molecule has 0 fully saturated rings. The zero-order chi connectivity index (χ0) is 14.2. The van der Waals surface area contributed by atoms with E-state index < -0.39 is 23.3 Å². The number of carbonyl (C=O) groups is 3. The van der Waals surface area contributed by atoms with Crippen LogP contribution in [0, 0.1) is 11.3 Å². The third-order valence-corrected chi connectivity index (χ3v) is 2.80. The first kappa shape index (κ1) is 16.6. The van der Waals surface area contributed by atoms with Crippen molar-refractivity contribution in [3.05, 3.63) is 0 Å². The van der Waals surface area contributed by atoms with Crippen molar-refractivity contribution in [2.45, 2.75) is 40.5 Å². The topological polar surface area (TPSA) is 69.7 Å². The highest BCUT2D eigenvalue weighted by molar-refractivity contribution is 5.81. The summed E-state index contributed by atoms with van der Waals surface area (Å²) in [6, 6.07) is 0. The molecule has 18 heavy (non-hydrogen) atoms. The average Bonchev–Trinajstić information content (AvgIpc) is 2.26. The van der Waals surface area contributed by atoms with Crippen LogP contribution in [0.5, 0.6) is 0 Å². The molecule has 0 aromatic rings. The van der Waals surface area contributed by atoms with Gasteiger partial charge in [-0.15, -0.1) is 0 Å². The molecule has 5 heteroatoms. The van der Waals surface area contributed by atoms with Crippen molar-refractivity contribution in [3.8, 4) is 0 Å². The molecule has 0 aromatic carbocycles. The number of aldehydes is 1. The molecule has 1 unspecified atom stereocenters. The molecule has 0 radical (unpaired) electrons. The van der Waals surface area contributed by atoms with E-state index in [-0.39, 0.29) is 26.1 Å². The summed E-state index contributed by atoms with van der Waals surface area (Å²) in [5.74, 6) is -1.58. The van der Waals surface area contributed by atoms with E-state index in [9.17, 15) is 14.4 Å². The van der Waals surface area contributed by atoms with E-state index in [1.807, 2.05) is 0 Å². The Morgan fingerprint density at radius 1 is 1.17 bits per heavy atom. The smallest absolute Gasteiger partial charge is 0.310 e. The first-order valence-corrected chi connectivity index (χ1v) is 6.14. The summed E-state index contributed by atoms with van der Waals surface area (Å²) in [7, 11) is 0. The molecule has 0 saturated heterocycles. The summed E-state index contributed by atoms with van der Waals surface area (Å²) in [6.07, 6.45) is 0.876.